The van der Waals surface area contributed by atoms with Crippen LogP contribution in [0.3, 0.4) is 0 Å². The predicted octanol–water partition coefficient (Wildman–Crippen LogP) is 2.92. The molecule has 0 unspecified atom stereocenters. The van der Waals surface area contributed by atoms with Gasteiger partial charge < -0.3 is 0 Å². The lowest BCUT2D eigenvalue weighted by Gasteiger charge is -2.03. The third kappa shape index (κ3) is 2.14. The molecule has 0 saturated heterocycles. The van der Waals surface area contributed by atoms with Gasteiger partial charge in [0.1, 0.15) is 4.90 Å². The number of hydrogen-bond acceptors (Lipinski definition) is 3. The second-order valence-electron chi connectivity index (χ2n) is 2.92. The third-order valence-electron chi connectivity index (χ3n) is 1.90. The van der Waals surface area contributed by atoms with Crippen LogP contribution in [0.5, 0.6) is 0 Å². The number of fused-ring (bicyclic) bond motifs is 1. The maximum Gasteiger partial charge on any atom is 0.263 e. The fourth-order valence-corrected chi connectivity index (χ4v) is 2.96. The molecule has 1 aromatic carbocycles. The largest absolute Gasteiger partial charge is 0.263 e. The summed E-state index contributed by atoms with van der Waals surface area (Å²) in [5.74, 6) is 0. The molecule has 78 valence electrons. The van der Waals surface area contributed by atoms with Crippen LogP contribution in [0, 0.1) is 0 Å². The van der Waals surface area contributed by atoms with Crippen LogP contribution in [0.4, 0.5) is 0 Å². The molecule has 0 saturated carbocycles. The Balaban J connectivity index is 2.96. The SMILES string of the molecule is O=S(=O)(Cl)c1cc(Br)cc2cccnc12. The third-order valence-corrected chi connectivity index (χ3v) is 3.69. The first kappa shape index (κ1) is 10.9. The Bertz CT molecular complexity index is 627. The standard InChI is InChI=1S/C9H5BrClNO2S/c10-7-4-6-2-1-3-12-9(6)8(5-7)15(11,13)14/h1-5H. The van der Waals surface area contributed by atoms with Crippen LogP contribution < -0.4 is 0 Å². The minimum atomic E-state index is -3.77. The van der Waals surface area contributed by atoms with Crippen LogP contribution >= 0.6 is 26.6 Å². The van der Waals surface area contributed by atoms with Crippen molar-refractivity contribution in [1.29, 1.82) is 0 Å². The lowest BCUT2D eigenvalue weighted by Crippen LogP contribution is -1.94. The molecular weight excluding hydrogens is 302 g/mol. The maximum absolute atomic E-state index is 11.3. The molecule has 6 heteroatoms. The second-order valence-corrected chi connectivity index (χ2v) is 6.37. The van der Waals surface area contributed by atoms with Crippen molar-refractivity contribution in [3.63, 3.8) is 0 Å². The van der Waals surface area contributed by atoms with Crippen molar-refractivity contribution in [3.8, 4) is 0 Å². The van der Waals surface area contributed by atoms with Gasteiger partial charge in [-0.3, -0.25) is 4.98 Å². The Hall–Kier alpha value is -0.650. The van der Waals surface area contributed by atoms with Crippen molar-refractivity contribution in [3.05, 3.63) is 34.9 Å². The minimum Gasteiger partial charge on any atom is -0.255 e. The van der Waals surface area contributed by atoms with Crippen molar-refractivity contribution in [2.75, 3.05) is 0 Å². The van der Waals surface area contributed by atoms with E-state index in [0.29, 0.717) is 9.99 Å². The zero-order valence-corrected chi connectivity index (χ0v) is 10.5. The van der Waals surface area contributed by atoms with Crippen molar-refractivity contribution in [1.82, 2.24) is 4.98 Å². The number of halogens is 2. The molecule has 3 nitrogen and oxygen atoms in total. The summed E-state index contributed by atoms with van der Waals surface area (Å²) in [5, 5.41) is 0.728. The first-order chi connectivity index (χ1) is 6.98. The average molecular weight is 307 g/mol. The fourth-order valence-electron chi connectivity index (χ4n) is 1.31. The number of benzene rings is 1. The van der Waals surface area contributed by atoms with E-state index in [1.54, 1.807) is 18.2 Å². The molecule has 2 aromatic rings. The number of hydrogen-bond donors (Lipinski definition) is 0. The van der Waals surface area contributed by atoms with E-state index in [1.807, 2.05) is 0 Å². The number of pyridine rings is 1. The highest BCUT2D eigenvalue weighted by atomic mass is 79.9. The number of aromatic nitrogens is 1. The molecule has 0 bridgehead atoms. The quantitative estimate of drug-likeness (QED) is 0.761. The van der Waals surface area contributed by atoms with Gasteiger partial charge in [-0.2, -0.15) is 0 Å². The van der Waals surface area contributed by atoms with Crippen LogP contribution in [0.15, 0.2) is 39.8 Å². The molecule has 0 amide bonds. The van der Waals surface area contributed by atoms with Gasteiger partial charge in [-0.05, 0) is 18.2 Å². The molecule has 0 fully saturated rings. The molecule has 1 aromatic heterocycles. The van der Waals surface area contributed by atoms with E-state index in [2.05, 4.69) is 20.9 Å². The number of nitrogens with zero attached hydrogens (tertiary/aromatic N) is 1. The molecule has 1 heterocycles. The fraction of sp³-hybridized carbons (Fsp3) is 0. The van der Waals surface area contributed by atoms with E-state index in [0.717, 1.165) is 5.39 Å². The second kappa shape index (κ2) is 3.73. The first-order valence-electron chi connectivity index (χ1n) is 3.97. The van der Waals surface area contributed by atoms with Gasteiger partial charge in [-0.15, -0.1) is 0 Å². The van der Waals surface area contributed by atoms with Crippen LogP contribution in [0.1, 0.15) is 0 Å². The summed E-state index contributed by atoms with van der Waals surface area (Å²) >= 11 is 3.22. The number of rotatable bonds is 1. The normalized spacial score (nSPS) is 11.9. The van der Waals surface area contributed by atoms with Crippen molar-refractivity contribution < 1.29 is 8.42 Å². The van der Waals surface area contributed by atoms with Crippen molar-refractivity contribution in [2.45, 2.75) is 4.90 Å². The van der Waals surface area contributed by atoms with E-state index in [9.17, 15) is 8.42 Å². The molecular formula is C9H5BrClNO2S. The molecule has 0 aliphatic rings. The topological polar surface area (TPSA) is 47.0 Å². The maximum atomic E-state index is 11.3. The van der Waals surface area contributed by atoms with Crippen LogP contribution in [-0.4, -0.2) is 13.4 Å². The van der Waals surface area contributed by atoms with Crippen molar-refractivity contribution in [2.24, 2.45) is 0 Å². The van der Waals surface area contributed by atoms with Gasteiger partial charge in [0.15, 0.2) is 0 Å². The molecule has 0 N–H and O–H groups in total. The van der Waals surface area contributed by atoms with Gasteiger partial charge in [-0.25, -0.2) is 8.42 Å². The van der Waals surface area contributed by atoms with Crippen LogP contribution in [-0.2, 0) is 9.05 Å². The lowest BCUT2D eigenvalue weighted by molar-refractivity contribution is 0.610. The minimum absolute atomic E-state index is 0.0224. The summed E-state index contributed by atoms with van der Waals surface area (Å²) in [6.45, 7) is 0. The van der Waals surface area contributed by atoms with Gasteiger partial charge >= 0.3 is 0 Å². The summed E-state index contributed by atoms with van der Waals surface area (Å²) in [4.78, 5) is 4.03. The van der Waals surface area contributed by atoms with Crippen LogP contribution in [0.25, 0.3) is 10.9 Å². The Morgan fingerprint density at radius 1 is 1.33 bits per heavy atom. The van der Waals surface area contributed by atoms with E-state index in [-0.39, 0.29) is 4.90 Å². The smallest absolute Gasteiger partial charge is 0.255 e. The molecule has 0 radical (unpaired) electrons. The first-order valence-corrected chi connectivity index (χ1v) is 7.07. The monoisotopic (exact) mass is 305 g/mol. The Kier molecular flexibility index (Phi) is 2.70. The van der Waals surface area contributed by atoms with Crippen LogP contribution in [0.2, 0.25) is 0 Å². The Morgan fingerprint density at radius 2 is 2.07 bits per heavy atom. The van der Waals surface area contributed by atoms with Gasteiger partial charge in [0.25, 0.3) is 9.05 Å². The summed E-state index contributed by atoms with van der Waals surface area (Å²) in [6.07, 6.45) is 1.53. The summed E-state index contributed by atoms with van der Waals surface area (Å²) in [5.41, 5.74) is 0.385. The molecule has 2 rings (SSSR count). The summed E-state index contributed by atoms with van der Waals surface area (Å²) in [6, 6.07) is 6.74. The van der Waals surface area contributed by atoms with E-state index < -0.39 is 9.05 Å². The Labute approximate surface area is 99.6 Å². The lowest BCUT2D eigenvalue weighted by atomic mass is 10.2. The molecule has 15 heavy (non-hydrogen) atoms. The predicted molar refractivity (Wildman–Crippen MR) is 62.5 cm³/mol. The highest BCUT2D eigenvalue weighted by Gasteiger charge is 2.15. The van der Waals surface area contributed by atoms with Gasteiger partial charge in [0.2, 0.25) is 0 Å². The molecule has 0 aliphatic carbocycles. The van der Waals surface area contributed by atoms with E-state index >= 15 is 0 Å². The highest BCUT2D eigenvalue weighted by Crippen LogP contribution is 2.28. The Morgan fingerprint density at radius 3 is 2.73 bits per heavy atom. The summed E-state index contributed by atoms with van der Waals surface area (Å²) < 4.78 is 23.3. The van der Waals surface area contributed by atoms with Gasteiger partial charge in [0, 0.05) is 26.7 Å². The molecule has 0 aliphatic heterocycles. The van der Waals surface area contributed by atoms with Gasteiger partial charge in [0.05, 0.1) is 5.52 Å². The van der Waals surface area contributed by atoms with Crippen molar-refractivity contribution >= 4 is 46.6 Å². The zero-order chi connectivity index (χ0) is 11.1. The van der Waals surface area contributed by atoms with Gasteiger partial charge in [-0.1, -0.05) is 22.0 Å². The molecule has 0 spiro atoms. The molecule has 0 atom stereocenters. The highest BCUT2D eigenvalue weighted by molar-refractivity contribution is 9.10. The van der Waals surface area contributed by atoms with E-state index in [4.69, 9.17) is 10.7 Å². The zero-order valence-electron chi connectivity index (χ0n) is 7.31. The summed E-state index contributed by atoms with van der Waals surface area (Å²) in [7, 11) is 1.55. The average Bonchev–Trinajstić information content (AvgIpc) is 2.15. The van der Waals surface area contributed by atoms with E-state index in [1.165, 1.54) is 12.3 Å².